The molecule has 0 fully saturated rings. The Morgan fingerprint density at radius 1 is 1.21 bits per heavy atom. The van der Waals surface area contributed by atoms with E-state index in [1.807, 2.05) is 6.92 Å². The Kier molecular flexibility index (Phi) is 7.55. The van der Waals surface area contributed by atoms with Gasteiger partial charge >= 0.3 is 12.0 Å². The second kappa shape index (κ2) is 8.34. The molecule has 0 aromatic heterocycles. The van der Waals surface area contributed by atoms with Gasteiger partial charge in [-0.2, -0.15) is 0 Å². The van der Waals surface area contributed by atoms with Gasteiger partial charge in [0.15, 0.2) is 0 Å². The molecular weight excluding hydrogens is 250 g/mol. The molecule has 0 bridgehead atoms. The molecule has 0 aliphatic carbocycles. The monoisotopic (exact) mass is 273 g/mol. The predicted molar refractivity (Wildman–Crippen MR) is 70.4 cm³/mol. The third kappa shape index (κ3) is 8.01. The number of carbonyl (C=O) groups is 3. The maximum absolute atomic E-state index is 11.6. The largest absolute Gasteiger partial charge is 0.481 e. The molecule has 0 spiro atoms. The van der Waals surface area contributed by atoms with Gasteiger partial charge in [0.05, 0.1) is 0 Å². The van der Waals surface area contributed by atoms with E-state index in [1.54, 1.807) is 13.8 Å². The molecule has 110 valence electrons. The van der Waals surface area contributed by atoms with Crippen molar-refractivity contribution in [3.05, 3.63) is 0 Å². The number of carboxylic acids is 1. The number of primary amides is 1. The Morgan fingerprint density at radius 2 is 1.79 bits per heavy atom. The zero-order chi connectivity index (χ0) is 15.0. The number of nitrogens with two attached hydrogens (primary N) is 1. The van der Waals surface area contributed by atoms with Crippen LogP contribution in [0, 0.1) is 11.8 Å². The van der Waals surface area contributed by atoms with E-state index in [2.05, 4.69) is 10.6 Å². The summed E-state index contributed by atoms with van der Waals surface area (Å²) in [5.41, 5.74) is 5.18. The van der Waals surface area contributed by atoms with Crippen molar-refractivity contribution in [2.24, 2.45) is 17.6 Å². The molecule has 0 radical (unpaired) electrons. The number of amides is 3. The van der Waals surface area contributed by atoms with Crippen LogP contribution in [0.2, 0.25) is 0 Å². The highest BCUT2D eigenvalue weighted by atomic mass is 16.4. The van der Waals surface area contributed by atoms with E-state index in [0.717, 1.165) is 0 Å². The van der Waals surface area contributed by atoms with Crippen molar-refractivity contribution in [3.63, 3.8) is 0 Å². The first-order valence-electron chi connectivity index (χ1n) is 6.29. The van der Waals surface area contributed by atoms with Gasteiger partial charge in [-0.1, -0.05) is 20.8 Å². The minimum absolute atomic E-state index is 0.0490. The maximum Gasteiger partial charge on any atom is 0.315 e. The van der Waals surface area contributed by atoms with Crippen molar-refractivity contribution < 1.29 is 19.5 Å². The van der Waals surface area contributed by atoms with Crippen molar-refractivity contribution in [1.82, 2.24) is 10.6 Å². The van der Waals surface area contributed by atoms with E-state index in [-0.39, 0.29) is 18.3 Å². The zero-order valence-electron chi connectivity index (χ0n) is 11.6. The molecule has 19 heavy (non-hydrogen) atoms. The Labute approximate surface area is 112 Å². The van der Waals surface area contributed by atoms with E-state index in [1.165, 1.54) is 0 Å². The summed E-state index contributed by atoms with van der Waals surface area (Å²) >= 11 is 0. The number of nitrogens with one attached hydrogen (secondary N) is 2. The lowest BCUT2D eigenvalue weighted by Gasteiger charge is -2.20. The van der Waals surface area contributed by atoms with E-state index in [9.17, 15) is 14.4 Å². The second-order valence-electron chi connectivity index (χ2n) is 5.02. The standard InChI is InChI=1S/C12H23N3O4/c1-7(2)10(11(13)18)15-12(19)14-6-8(3)4-5-9(16)17/h7-8,10H,4-6H2,1-3H3,(H2,13,18)(H,16,17)(H2,14,15,19). The van der Waals surface area contributed by atoms with Gasteiger partial charge in [0.2, 0.25) is 5.91 Å². The third-order valence-corrected chi connectivity index (χ3v) is 2.72. The van der Waals surface area contributed by atoms with E-state index < -0.39 is 23.9 Å². The van der Waals surface area contributed by atoms with Crippen LogP contribution < -0.4 is 16.4 Å². The molecular formula is C12H23N3O4. The van der Waals surface area contributed by atoms with E-state index >= 15 is 0 Å². The maximum atomic E-state index is 11.6. The number of hydrogen-bond acceptors (Lipinski definition) is 3. The number of carboxylic acid groups (broad SMARTS) is 1. The fourth-order valence-corrected chi connectivity index (χ4v) is 1.50. The van der Waals surface area contributed by atoms with Crippen molar-refractivity contribution in [1.29, 1.82) is 0 Å². The number of hydrogen-bond donors (Lipinski definition) is 4. The van der Waals surface area contributed by atoms with E-state index in [0.29, 0.717) is 13.0 Å². The minimum Gasteiger partial charge on any atom is -0.481 e. The summed E-state index contributed by atoms with van der Waals surface area (Å²) in [6.45, 7) is 5.76. The lowest BCUT2D eigenvalue weighted by molar-refractivity contribution is -0.137. The number of urea groups is 1. The molecule has 2 atom stereocenters. The number of rotatable bonds is 8. The lowest BCUT2D eigenvalue weighted by Crippen LogP contribution is -2.51. The highest BCUT2D eigenvalue weighted by Gasteiger charge is 2.21. The summed E-state index contributed by atoms with van der Waals surface area (Å²) in [6, 6.07) is -1.19. The molecule has 0 aromatic carbocycles. The summed E-state index contributed by atoms with van der Waals surface area (Å²) < 4.78 is 0. The van der Waals surface area contributed by atoms with Gasteiger partial charge < -0.3 is 21.5 Å². The molecule has 3 amide bonds. The van der Waals surface area contributed by atoms with Crippen LogP contribution in [0.5, 0.6) is 0 Å². The van der Waals surface area contributed by atoms with Gasteiger partial charge in [-0.3, -0.25) is 9.59 Å². The predicted octanol–water partition coefficient (Wildman–Crippen LogP) is 0.296. The Morgan fingerprint density at radius 3 is 2.21 bits per heavy atom. The molecule has 0 aliphatic rings. The van der Waals surface area contributed by atoms with Crippen LogP contribution in [-0.2, 0) is 9.59 Å². The van der Waals surface area contributed by atoms with Crippen LogP contribution in [0.3, 0.4) is 0 Å². The fraction of sp³-hybridized carbons (Fsp3) is 0.750. The molecule has 0 saturated carbocycles. The van der Waals surface area contributed by atoms with Crippen molar-refractivity contribution in [2.45, 2.75) is 39.7 Å². The topological polar surface area (TPSA) is 122 Å². The summed E-state index contributed by atoms with van der Waals surface area (Å²) in [5, 5.41) is 13.6. The molecule has 2 unspecified atom stereocenters. The number of carbonyl (C=O) groups excluding carboxylic acids is 2. The normalized spacial score (nSPS) is 13.7. The highest BCUT2D eigenvalue weighted by molar-refractivity contribution is 5.86. The molecule has 7 nitrogen and oxygen atoms in total. The molecule has 0 saturated heterocycles. The second-order valence-corrected chi connectivity index (χ2v) is 5.02. The van der Waals surface area contributed by atoms with Crippen LogP contribution in [0.25, 0.3) is 0 Å². The fourth-order valence-electron chi connectivity index (χ4n) is 1.50. The molecule has 0 rings (SSSR count). The Balaban J connectivity index is 4.03. The van der Waals surface area contributed by atoms with E-state index in [4.69, 9.17) is 10.8 Å². The third-order valence-electron chi connectivity index (χ3n) is 2.72. The van der Waals surface area contributed by atoms with Crippen LogP contribution in [-0.4, -0.2) is 35.6 Å². The summed E-state index contributed by atoms with van der Waals surface area (Å²) in [5.74, 6) is -1.48. The van der Waals surface area contributed by atoms with Crippen molar-refractivity contribution in [2.75, 3.05) is 6.54 Å². The van der Waals surface area contributed by atoms with Crippen LogP contribution in [0.15, 0.2) is 0 Å². The van der Waals surface area contributed by atoms with Gasteiger partial charge in [0.25, 0.3) is 0 Å². The van der Waals surface area contributed by atoms with Crippen LogP contribution in [0.4, 0.5) is 4.79 Å². The quantitative estimate of drug-likeness (QED) is 0.508. The van der Waals surface area contributed by atoms with Gasteiger partial charge in [0.1, 0.15) is 6.04 Å². The highest BCUT2D eigenvalue weighted by Crippen LogP contribution is 2.04. The zero-order valence-corrected chi connectivity index (χ0v) is 11.6. The minimum atomic E-state index is -0.857. The average Bonchev–Trinajstić information content (AvgIpc) is 2.29. The molecule has 0 heterocycles. The lowest BCUT2D eigenvalue weighted by atomic mass is 10.0. The SMILES string of the molecule is CC(CCC(=O)O)CNC(=O)NC(C(N)=O)C(C)C. The van der Waals surface area contributed by atoms with Gasteiger partial charge in [0, 0.05) is 13.0 Å². The molecule has 0 aliphatic heterocycles. The number of aliphatic carboxylic acids is 1. The first kappa shape index (κ1) is 17.2. The molecule has 0 aromatic rings. The van der Waals surface area contributed by atoms with Gasteiger partial charge in [-0.25, -0.2) is 4.79 Å². The summed E-state index contributed by atoms with van der Waals surface area (Å²) in [7, 11) is 0. The summed E-state index contributed by atoms with van der Waals surface area (Å²) in [4.78, 5) is 33.1. The molecule has 5 N–H and O–H groups in total. The average molecular weight is 273 g/mol. The van der Waals surface area contributed by atoms with Crippen LogP contribution >= 0.6 is 0 Å². The first-order valence-corrected chi connectivity index (χ1v) is 6.29. The van der Waals surface area contributed by atoms with Gasteiger partial charge in [-0.15, -0.1) is 0 Å². The Hall–Kier alpha value is -1.79. The Bertz CT molecular complexity index is 331. The van der Waals surface area contributed by atoms with Crippen LogP contribution in [0.1, 0.15) is 33.6 Å². The molecule has 7 heteroatoms. The smallest absolute Gasteiger partial charge is 0.315 e. The first-order chi connectivity index (χ1) is 8.73. The van der Waals surface area contributed by atoms with Gasteiger partial charge in [-0.05, 0) is 18.3 Å². The van der Waals surface area contributed by atoms with Crippen molar-refractivity contribution >= 4 is 17.9 Å². The van der Waals surface area contributed by atoms with Crippen molar-refractivity contribution in [3.8, 4) is 0 Å². The summed E-state index contributed by atoms with van der Waals surface area (Å²) in [6.07, 6.45) is 0.555.